The Labute approximate surface area is 109 Å². The van der Waals surface area contributed by atoms with Gasteiger partial charge in [0.05, 0.1) is 0 Å². The summed E-state index contributed by atoms with van der Waals surface area (Å²) in [5.74, 6) is 1.07. The first-order valence-electron chi connectivity index (χ1n) is 7.87. The van der Waals surface area contributed by atoms with E-state index in [2.05, 4.69) is 32.6 Å². The molecule has 0 unspecified atom stereocenters. The lowest BCUT2D eigenvalue weighted by atomic mass is 9.86. The average molecular weight is 239 g/mol. The summed E-state index contributed by atoms with van der Waals surface area (Å²) in [5, 5.41) is 0. The van der Waals surface area contributed by atoms with Crippen LogP contribution in [0.4, 0.5) is 0 Å². The van der Waals surface area contributed by atoms with Crippen molar-refractivity contribution in [3.05, 3.63) is 0 Å². The van der Waals surface area contributed by atoms with Crippen molar-refractivity contribution in [2.45, 2.75) is 91.1 Å². The van der Waals surface area contributed by atoms with Crippen molar-refractivity contribution in [3.63, 3.8) is 0 Å². The molecule has 0 aromatic rings. The van der Waals surface area contributed by atoms with Gasteiger partial charge >= 0.3 is 0 Å². The van der Waals surface area contributed by atoms with E-state index in [9.17, 15) is 0 Å². The van der Waals surface area contributed by atoms with E-state index in [1.807, 2.05) is 0 Å². The molecule has 0 bridgehead atoms. The lowest BCUT2D eigenvalue weighted by Gasteiger charge is -2.30. The van der Waals surface area contributed by atoms with Crippen molar-refractivity contribution in [1.82, 2.24) is 4.90 Å². The molecule has 102 valence electrons. The first-order chi connectivity index (χ1) is 8.11. The molecule has 1 aliphatic carbocycles. The molecule has 1 heteroatoms. The van der Waals surface area contributed by atoms with E-state index in [-0.39, 0.29) is 0 Å². The smallest absolute Gasteiger partial charge is 0.00412 e. The fraction of sp³-hybridized carbons (Fsp3) is 1.00. The zero-order valence-electron chi connectivity index (χ0n) is 12.5. The average Bonchev–Trinajstić information content (AvgIpc) is 2.29. The maximum atomic E-state index is 2.63. The fourth-order valence-corrected chi connectivity index (χ4v) is 3.32. The minimum atomic E-state index is 0.699. The van der Waals surface area contributed by atoms with Crippen LogP contribution in [-0.2, 0) is 0 Å². The molecule has 0 saturated heterocycles. The number of hydrogen-bond donors (Lipinski definition) is 0. The van der Waals surface area contributed by atoms with Crippen LogP contribution in [0.1, 0.15) is 79.1 Å². The fourth-order valence-electron chi connectivity index (χ4n) is 3.32. The maximum Gasteiger partial charge on any atom is 0.00412 e. The van der Waals surface area contributed by atoms with E-state index < -0.39 is 0 Å². The van der Waals surface area contributed by atoms with Crippen molar-refractivity contribution in [1.29, 1.82) is 0 Å². The number of nitrogens with zero attached hydrogens (tertiary/aromatic N) is 1. The van der Waals surface area contributed by atoms with E-state index in [0.29, 0.717) is 12.1 Å². The van der Waals surface area contributed by atoms with Crippen molar-refractivity contribution in [2.24, 2.45) is 5.92 Å². The summed E-state index contributed by atoms with van der Waals surface area (Å²) in [4.78, 5) is 2.63. The quantitative estimate of drug-likeness (QED) is 0.574. The molecule has 1 rings (SSSR count). The van der Waals surface area contributed by atoms with Gasteiger partial charge in [0.1, 0.15) is 0 Å². The van der Waals surface area contributed by atoms with Gasteiger partial charge in [-0.2, -0.15) is 0 Å². The second kappa shape index (κ2) is 8.13. The van der Waals surface area contributed by atoms with Crippen molar-refractivity contribution in [3.8, 4) is 0 Å². The lowest BCUT2D eigenvalue weighted by Crippen LogP contribution is -2.37. The van der Waals surface area contributed by atoms with E-state index in [1.54, 1.807) is 0 Å². The second-order valence-corrected chi connectivity index (χ2v) is 6.43. The summed E-state index contributed by atoms with van der Waals surface area (Å²) in [7, 11) is 0. The van der Waals surface area contributed by atoms with Gasteiger partial charge in [-0.25, -0.2) is 0 Å². The summed E-state index contributed by atoms with van der Waals surface area (Å²) >= 11 is 0. The van der Waals surface area contributed by atoms with Crippen LogP contribution in [0.3, 0.4) is 0 Å². The molecule has 0 aliphatic heterocycles. The topological polar surface area (TPSA) is 3.24 Å². The summed E-state index contributed by atoms with van der Waals surface area (Å²) in [5.41, 5.74) is 0. The third-order valence-corrected chi connectivity index (χ3v) is 4.33. The molecule has 1 aliphatic rings. The highest BCUT2D eigenvalue weighted by atomic mass is 15.2. The van der Waals surface area contributed by atoms with E-state index in [1.165, 1.54) is 57.9 Å². The number of unbranched alkanes of at least 4 members (excludes halogenated alkanes) is 1. The van der Waals surface area contributed by atoms with Crippen LogP contribution < -0.4 is 0 Å². The Bertz CT molecular complexity index is 172. The number of hydrogen-bond acceptors (Lipinski definition) is 1. The van der Waals surface area contributed by atoms with Gasteiger partial charge in [0, 0.05) is 12.1 Å². The molecule has 1 fully saturated rings. The monoisotopic (exact) mass is 239 g/mol. The Kier molecular flexibility index (Phi) is 7.18. The van der Waals surface area contributed by atoms with Crippen LogP contribution in [0.5, 0.6) is 0 Å². The predicted molar refractivity (Wildman–Crippen MR) is 77.4 cm³/mol. The van der Waals surface area contributed by atoms with Crippen LogP contribution in [0.2, 0.25) is 0 Å². The highest BCUT2D eigenvalue weighted by Gasteiger charge is 2.15. The van der Waals surface area contributed by atoms with Crippen LogP contribution in [0, 0.1) is 5.92 Å². The van der Waals surface area contributed by atoms with Gasteiger partial charge in [0.25, 0.3) is 0 Å². The molecule has 0 spiro atoms. The molecule has 1 nitrogen and oxygen atoms in total. The minimum absolute atomic E-state index is 0.699. The standard InChI is InChI=1S/C16H33N/c1-14(2)17(15(3)4)13-9-8-12-16-10-6-5-7-11-16/h14-16H,5-13H2,1-4H3. The summed E-state index contributed by atoms with van der Waals surface area (Å²) < 4.78 is 0. The first kappa shape index (κ1) is 15.0. The van der Waals surface area contributed by atoms with Gasteiger partial charge in [0.2, 0.25) is 0 Å². The van der Waals surface area contributed by atoms with Crippen LogP contribution in [0.15, 0.2) is 0 Å². The molecule has 1 saturated carbocycles. The Hall–Kier alpha value is -0.0400. The number of rotatable bonds is 7. The minimum Gasteiger partial charge on any atom is -0.299 e. The van der Waals surface area contributed by atoms with Gasteiger partial charge < -0.3 is 0 Å². The van der Waals surface area contributed by atoms with Crippen molar-refractivity contribution in [2.75, 3.05) is 6.54 Å². The Morgan fingerprint density at radius 1 is 0.882 bits per heavy atom. The summed E-state index contributed by atoms with van der Waals surface area (Å²) in [6.07, 6.45) is 11.8. The Morgan fingerprint density at radius 2 is 1.47 bits per heavy atom. The molecular formula is C16H33N. The third kappa shape index (κ3) is 5.90. The molecule has 17 heavy (non-hydrogen) atoms. The SMILES string of the molecule is CC(C)N(CCCCC1CCCCC1)C(C)C. The van der Waals surface area contributed by atoms with Gasteiger partial charge in [-0.05, 0) is 46.6 Å². The third-order valence-electron chi connectivity index (χ3n) is 4.33. The molecule has 0 aromatic heterocycles. The molecule has 0 heterocycles. The van der Waals surface area contributed by atoms with E-state index >= 15 is 0 Å². The Morgan fingerprint density at radius 3 is 2.00 bits per heavy atom. The predicted octanol–water partition coefficient (Wildman–Crippen LogP) is 4.86. The molecule has 0 N–H and O–H groups in total. The van der Waals surface area contributed by atoms with Gasteiger partial charge in [0.15, 0.2) is 0 Å². The van der Waals surface area contributed by atoms with Crippen molar-refractivity contribution >= 4 is 0 Å². The van der Waals surface area contributed by atoms with E-state index in [0.717, 1.165) is 5.92 Å². The summed E-state index contributed by atoms with van der Waals surface area (Å²) in [6.45, 7) is 10.6. The first-order valence-corrected chi connectivity index (χ1v) is 7.87. The normalized spacial score (nSPS) is 18.5. The second-order valence-electron chi connectivity index (χ2n) is 6.43. The van der Waals surface area contributed by atoms with Gasteiger partial charge in [-0.3, -0.25) is 4.90 Å². The van der Waals surface area contributed by atoms with Crippen LogP contribution >= 0.6 is 0 Å². The molecule has 0 aromatic carbocycles. The lowest BCUT2D eigenvalue weighted by molar-refractivity contribution is 0.169. The Balaban J connectivity index is 2.09. The van der Waals surface area contributed by atoms with E-state index in [4.69, 9.17) is 0 Å². The largest absolute Gasteiger partial charge is 0.299 e. The zero-order chi connectivity index (χ0) is 12.7. The van der Waals surface area contributed by atoms with Crippen LogP contribution in [-0.4, -0.2) is 23.5 Å². The molecule has 0 amide bonds. The zero-order valence-corrected chi connectivity index (χ0v) is 12.5. The molecule has 0 radical (unpaired) electrons. The maximum absolute atomic E-state index is 2.63. The summed E-state index contributed by atoms with van der Waals surface area (Å²) in [6, 6.07) is 1.40. The van der Waals surface area contributed by atoms with Crippen LogP contribution in [0.25, 0.3) is 0 Å². The molecular weight excluding hydrogens is 206 g/mol. The molecule has 0 atom stereocenters. The van der Waals surface area contributed by atoms with Gasteiger partial charge in [-0.15, -0.1) is 0 Å². The van der Waals surface area contributed by atoms with Gasteiger partial charge in [-0.1, -0.05) is 44.9 Å². The highest BCUT2D eigenvalue weighted by molar-refractivity contribution is 4.69. The highest BCUT2D eigenvalue weighted by Crippen LogP contribution is 2.27. The van der Waals surface area contributed by atoms with Crippen molar-refractivity contribution < 1.29 is 0 Å².